The zero-order chi connectivity index (χ0) is 13.9. The van der Waals surface area contributed by atoms with E-state index in [4.69, 9.17) is 0 Å². The fourth-order valence-electron chi connectivity index (χ4n) is 2.01. The van der Waals surface area contributed by atoms with Crippen LogP contribution in [0.5, 0.6) is 0 Å². The van der Waals surface area contributed by atoms with Gasteiger partial charge in [-0.05, 0) is 6.92 Å². The predicted octanol–water partition coefficient (Wildman–Crippen LogP) is 2.32. The molecular formula is C15H14N4O. The van der Waals surface area contributed by atoms with Gasteiger partial charge in [-0.1, -0.05) is 30.3 Å². The van der Waals surface area contributed by atoms with E-state index in [1.165, 1.54) is 6.07 Å². The molecule has 0 unspecified atom stereocenters. The van der Waals surface area contributed by atoms with E-state index in [2.05, 4.69) is 15.1 Å². The van der Waals surface area contributed by atoms with Crippen molar-refractivity contribution >= 4 is 0 Å². The van der Waals surface area contributed by atoms with Gasteiger partial charge < -0.3 is 4.98 Å². The Morgan fingerprint density at radius 3 is 2.70 bits per heavy atom. The first kappa shape index (κ1) is 12.3. The average Bonchev–Trinajstić information content (AvgIpc) is 2.96. The molecule has 3 rings (SSSR count). The SMILES string of the molecule is CCn1cc(-c2nc(-c3ccccc3)cc(=O)[nH]2)cn1. The van der Waals surface area contributed by atoms with E-state index >= 15 is 0 Å². The summed E-state index contributed by atoms with van der Waals surface area (Å²) in [5.74, 6) is 0.538. The lowest BCUT2D eigenvalue weighted by molar-refractivity contribution is 0.660. The van der Waals surface area contributed by atoms with Gasteiger partial charge in [0.25, 0.3) is 5.56 Å². The number of aromatic nitrogens is 4. The van der Waals surface area contributed by atoms with Crippen LogP contribution in [0.15, 0.2) is 53.6 Å². The van der Waals surface area contributed by atoms with Crippen molar-refractivity contribution in [2.45, 2.75) is 13.5 Å². The van der Waals surface area contributed by atoms with Crippen LogP contribution in [0, 0.1) is 0 Å². The maximum Gasteiger partial charge on any atom is 0.251 e. The number of nitrogens with zero attached hydrogens (tertiary/aromatic N) is 3. The van der Waals surface area contributed by atoms with Crippen LogP contribution in [-0.2, 0) is 6.54 Å². The van der Waals surface area contributed by atoms with Crippen molar-refractivity contribution in [3.63, 3.8) is 0 Å². The summed E-state index contributed by atoms with van der Waals surface area (Å²) in [5, 5.41) is 4.20. The van der Waals surface area contributed by atoms with Crippen molar-refractivity contribution in [3.8, 4) is 22.6 Å². The van der Waals surface area contributed by atoms with Gasteiger partial charge in [0, 0.05) is 24.4 Å². The number of aryl methyl sites for hydroxylation is 1. The smallest absolute Gasteiger partial charge is 0.251 e. The van der Waals surface area contributed by atoms with Gasteiger partial charge in [-0.3, -0.25) is 9.48 Å². The van der Waals surface area contributed by atoms with E-state index in [-0.39, 0.29) is 5.56 Å². The molecule has 2 heterocycles. The topological polar surface area (TPSA) is 63.6 Å². The molecule has 5 nitrogen and oxygen atoms in total. The van der Waals surface area contributed by atoms with E-state index < -0.39 is 0 Å². The maximum atomic E-state index is 11.8. The molecule has 1 N–H and O–H groups in total. The minimum atomic E-state index is -0.168. The third kappa shape index (κ3) is 2.38. The molecule has 0 aliphatic carbocycles. The second kappa shape index (κ2) is 5.13. The lowest BCUT2D eigenvalue weighted by Gasteiger charge is -2.02. The molecule has 20 heavy (non-hydrogen) atoms. The Bertz CT molecular complexity index is 774. The minimum Gasteiger partial charge on any atom is -0.306 e. The standard InChI is InChI=1S/C15H14N4O/c1-2-19-10-12(9-16-19)15-17-13(8-14(20)18-15)11-6-4-3-5-7-11/h3-10H,2H2,1H3,(H,17,18,20). The zero-order valence-electron chi connectivity index (χ0n) is 11.1. The van der Waals surface area contributed by atoms with E-state index in [1.54, 1.807) is 10.9 Å². The molecule has 2 aromatic heterocycles. The molecule has 0 bridgehead atoms. The van der Waals surface area contributed by atoms with Gasteiger partial charge >= 0.3 is 0 Å². The summed E-state index contributed by atoms with van der Waals surface area (Å²) < 4.78 is 1.80. The molecule has 0 fully saturated rings. The fourth-order valence-corrected chi connectivity index (χ4v) is 2.01. The molecule has 0 radical (unpaired) electrons. The summed E-state index contributed by atoms with van der Waals surface area (Å²) >= 11 is 0. The number of rotatable bonds is 3. The van der Waals surface area contributed by atoms with Crippen LogP contribution < -0.4 is 5.56 Å². The molecule has 0 saturated heterocycles. The van der Waals surface area contributed by atoms with E-state index in [9.17, 15) is 4.79 Å². The second-order valence-corrected chi connectivity index (χ2v) is 4.43. The highest BCUT2D eigenvalue weighted by Gasteiger charge is 2.07. The number of H-pyrrole nitrogens is 1. The Morgan fingerprint density at radius 1 is 1.20 bits per heavy atom. The molecule has 0 saturated carbocycles. The van der Waals surface area contributed by atoms with Gasteiger partial charge in [0.15, 0.2) is 0 Å². The molecule has 0 atom stereocenters. The van der Waals surface area contributed by atoms with Crippen molar-refractivity contribution in [1.82, 2.24) is 19.7 Å². The molecule has 1 aromatic carbocycles. The monoisotopic (exact) mass is 266 g/mol. The summed E-state index contributed by atoms with van der Waals surface area (Å²) in [5.41, 5.74) is 2.22. The highest BCUT2D eigenvalue weighted by atomic mass is 16.1. The van der Waals surface area contributed by atoms with E-state index in [0.717, 1.165) is 17.7 Å². The molecular weight excluding hydrogens is 252 g/mol. The Labute approximate surface area is 115 Å². The van der Waals surface area contributed by atoms with E-state index in [0.29, 0.717) is 11.5 Å². The zero-order valence-corrected chi connectivity index (χ0v) is 11.1. The van der Waals surface area contributed by atoms with Crippen LogP contribution in [0.25, 0.3) is 22.6 Å². The summed E-state index contributed by atoms with van der Waals surface area (Å²) in [4.78, 5) is 19.1. The first-order valence-electron chi connectivity index (χ1n) is 6.46. The van der Waals surface area contributed by atoms with E-state index in [1.807, 2.05) is 43.5 Å². The lowest BCUT2D eigenvalue weighted by Crippen LogP contribution is -2.08. The van der Waals surface area contributed by atoms with Gasteiger partial charge in [0.2, 0.25) is 0 Å². The van der Waals surface area contributed by atoms with Crippen LogP contribution in [0.2, 0.25) is 0 Å². The molecule has 0 spiro atoms. The normalized spacial score (nSPS) is 10.7. The van der Waals surface area contributed by atoms with Gasteiger partial charge in [-0.25, -0.2) is 4.98 Å². The Morgan fingerprint density at radius 2 is 2.00 bits per heavy atom. The maximum absolute atomic E-state index is 11.8. The molecule has 100 valence electrons. The summed E-state index contributed by atoms with van der Waals surface area (Å²) in [6, 6.07) is 11.1. The van der Waals surface area contributed by atoms with Crippen molar-refractivity contribution in [2.24, 2.45) is 0 Å². The fraction of sp³-hybridized carbons (Fsp3) is 0.133. The Kier molecular flexibility index (Phi) is 3.16. The van der Waals surface area contributed by atoms with Crippen molar-refractivity contribution in [2.75, 3.05) is 0 Å². The first-order chi connectivity index (χ1) is 9.76. The second-order valence-electron chi connectivity index (χ2n) is 4.43. The number of hydrogen-bond acceptors (Lipinski definition) is 3. The number of nitrogens with one attached hydrogen (secondary N) is 1. The van der Waals surface area contributed by atoms with Crippen LogP contribution in [0.1, 0.15) is 6.92 Å². The summed E-state index contributed by atoms with van der Waals surface area (Å²) in [6.45, 7) is 2.79. The van der Waals surface area contributed by atoms with Gasteiger partial charge in [-0.15, -0.1) is 0 Å². The molecule has 3 aromatic rings. The number of hydrogen-bond donors (Lipinski definition) is 1. The quantitative estimate of drug-likeness (QED) is 0.791. The van der Waals surface area contributed by atoms with Gasteiger partial charge in [0.05, 0.1) is 17.5 Å². The van der Waals surface area contributed by atoms with Crippen LogP contribution >= 0.6 is 0 Å². The Balaban J connectivity index is 2.09. The molecule has 0 amide bonds. The largest absolute Gasteiger partial charge is 0.306 e. The summed E-state index contributed by atoms with van der Waals surface area (Å²) in [6.07, 6.45) is 3.57. The van der Waals surface area contributed by atoms with Gasteiger partial charge in [-0.2, -0.15) is 5.10 Å². The molecule has 5 heteroatoms. The molecule has 0 aliphatic heterocycles. The number of aromatic amines is 1. The van der Waals surface area contributed by atoms with Crippen molar-refractivity contribution < 1.29 is 0 Å². The molecule has 0 aliphatic rings. The average molecular weight is 266 g/mol. The van der Waals surface area contributed by atoms with Crippen LogP contribution in [0.3, 0.4) is 0 Å². The minimum absolute atomic E-state index is 0.168. The predicted molar refractivity (Wildman–Crippen MR) is 77.2 cm³/mol. The Hall–Kier alpha value is -2.69. The highest BCUT2D eigenvalue weighted by molar-refractivity contribution is 5.62. The lowest BCUT2D eigenvalue weighted by atomic mass is 10.1. The van der Waals surface area contributed by atoms with Gasteiger partial charge in [0.1, 0.15) is 5.82 Å². The van der Waals surface area contributed by atoms with Crippen LogP contribution in [-0.4, -0.2) is 19.7 Å². The highest BCUT2D eigenvalue weighted by Crippen LogP contribution is 2.18. The summed E-state index contributed by atoms with van der Waals surface area (Å²) in [7, 11) is 0. The first-order valence-corrected chi connectivity index (χ1v) is 6.46. The third-order valence-electron chi connectivity index (χ3n) is 3.04. The van der Waals surface area contributed by atoms with Crippen molar-refractivity contribution in [1.29, 1.82) is 0 Å². The van der Waals surface area contributed by atoms with Crippen molar-refractivity contribution in [3.05, 3.63) is 59.1 Å². The number of benzene rings is 1. The third-order valence-corrected chi connectivity index (χ3v) is 3.04. The van der Waals surface area contributed by atoms with Crippen LogP contribution in [0.4, 0.5) is 0 Å².